The van der Waals surface area contributed by atoms with Crippen LogP contribution in [0.25, 0.3) is 0 Å². The summed E-state index contributed by atoms with van der Waals surface area (Å²) in [7, 11) is 0. The van der Waals surface area contributed by atoms with Crippen molar-refractivity contribution >= 4 is 6.03 Å². The Morgan fingerprint density at radius 2 is 1.43 bits per heavy atom. The van der Waals surface area contributed by atoms with Gasteiger partial charge in [-0.15, -0.1) is 0 Å². The molecule has 0 unspecified atom stereocenters. The number of para-hydroxylation sites is 1. The van der Waals surface area contributed by atoms with E-state index in [1.54, 1.807) is 0 Å². The van der Waals surface area contributed by atoms with Crippen LogP contribution in [0.2, 0.25) is 0 Å². The van der Waals surface area contributed by atoms with Crippen LogP contribution in [-0.2, 0) is 6.42 Å². The number of carbonyl (C=O) groups is 1. The summed E-state index contributed by atoms with van der Waals surface area (Å²) in [5, 5.41) is 5.71. The zero-order valence-corrected chi connectivity index (χ0v) is 13.3. The van der Waals surface area contributed by atoms with E-state index in [1.165, 1.54) is 5.56 Å². The molecule has 2 N–H and O–H groups in total. The van der Waals surface area contributed by atoms with Crippen molar-refractivity contribution in [2.45, 2.75) is 19.3 Å². The molecule has 0 heterocycles. The minimum absolute atomic E-state index is 0.113. The largest absolute Gasteiger partial charge is 0.494 e. The Bertz CT molecular complexity index is 558. The molecule has 4 nitrogen and oxygen atoms in total. The topological polar surface area (TPSA) is 50.4 Å². The molecule has 0 aliphatic heterocycles. The van der Waals surface area contributed by atoms with Gasteiger partial charge in [-0.3, -0.25) is 0 Å². The van der Waals surface area contributed by atoms with Crippen molar-refractivity contribution in [3.8, 4) is 5.75 Å². The molecule has 0 atom stereocenters. The van der Waals surface area contributed by atoms with Gasteiger partial charge in [-0.05, 0) is 37.0 Å². The summed E-state index contributed by atoms with van der Waals surface area (Å²) in [5.74, 6) is 0.859. The number of nitrogens with one attached hydrogen (secondary N) is 2. The fraction of sp³-hybridized carbons (Fsp3) is 0.316. The van der Waals surface area contributed by atoms with E-state index in [0.29, 0.717) is 19.7 Å². The summed E-state index contributed by atoms with van der Waals surface area (Å²) in [6, 6.07) is 19.9. The summed E-state index contributed by atoms with van der Waals surface area (Å²) in [6.45, 7) is 1.89. The van der Waals surface area contributed by atoms with Crippen molar-refractivity contribution in [1.82, 2.24) is 10.6 Å². The number of hydrogen-bond donors (Lipinski definition) is 2. The normalized spacial score (nSPS) is 10.1. The van der Waals surface area contributed by atoms with Gasteiger partial charge in [-0.2, -0.15) is 0 Å². The van der Waals surface area contributed by atoms with E-state index < -0.39 is 0 Å². The molecule has 2 aromatic rings. The SMILES string of the molecule is O=C(NCCCOc1ccccc1)NCCCc1ccccc1. The predicted octanol–water partition coefficient (Wildman–Crippen LogP) is 3.39. The van der Waals surface area contributed by atoms with Gasteiger partial charge in [-0.25, -0.2) is 4.79 Å². The van der Waals surface area contributed by atoms with E-state index >= 15 is 0 Å². The quantitative estimate of drug-likeness (QED) is 0.697. The second-order valence-corrected chi connectivity index (χ2v) is 5.29. The summed E-state index contributed by atoms with van der Waals surface area (Å²) in [6.07, 6.45) is 2.70. The third kappa shape index (κ3) is 7.36. The van der Waals surface area contributed by atoms with E-state index in [9.17, 15) is 4.79 Å². The van der Waals surface area contributed by atoms with Crippen LogP contribution in [0.15, 0.2) is 60.7 Å². The molecule has 122 valence electrons. The number of ether oxygens (including phenoxy) is 1. The lowest BCUT2D eigenvalue weighted by Crippen LogP contribution is -2.37. The molecule has 0 aliphatic rings. The summed E-state index contributed by atoms with van der Waals surface area (Å²) < 4.78 is 5.56. The van der Waals surface area contributed by atoms with Crippen molar-refractivity contribution < 1.29 is 9.53 Å². The molecule has 2 amide bonds. The lowest BCUT2D eigenvalue weighted by molar-refractivity contribution is 0.239. The maximum absolute atomic E-state index is 11.6. The van der Waals surface area contributed by atoms with Crippen LogP contribution in [-0.4, -0.2) is 25.7 Å². The molecule has 0 saturated carbocycles. The smallest absolute Gasteiger partial charge is 0.314 e. The average molecular weight is 312 g/mol. The van der Waals surface area contributed by atoms with Gasteiger partial charge in [0.15, 0.2) is 0 Å². The first-order valence-electron chi connectivity index (χ1n) is 8.08. The zero-order valence-electron chi connectivity index (χ0n) is 13.3. The molecule has 4 heteroatoms. The molecular weight excluding hydrogens is 288 g/mol. The number of amides is 2. The number of hydrogen-bond acceptors (Lipinski definition) is 2. The fourth-order valence-corrected chi connectivity index (χ4v) is 2.18. The highest BCUT2D eigenvalue weighted by Gasteiger charge is 1.99. The Morgan fingerprint density at radius 3 is 2.13 bits per heavy atom. The van der Waals surface area contributed by atoms with Crippen molar-refractivity contribution in [2.75, 3.05) is 19.7 Å². The standard InChI is InChI=1S/C19H24N2O2/c22-19(20-14-7-11-17-9-3-1-4-10-17)21-15-8-16-23-18-12-5-2-6-13-18/h1-6,9-10,12-13H,7-8,11,14-16H2,(H2,20,21,22). The van der Waals surface area contributed by atoms with Crippen molar-refractivity contribution in [2.24, 2.45) is 0 Å². The van der Waals surface area contributed by atoms with Crippen LogP contribution < -0.4 is 15.4 Å². The zero-order chi connectivity index (χ0) is 16.2. The second kappa shape index (κ2) is 10.3. The lowest BCUT2D eigenvalue weighted by atomic mass is 10.1. The van der Waals surface area contributed by atoms with Crippen LogP contribution >= 0.6 is 0 Å². The Balaban J connectivity index is 1.45. The molecular formula is C19H24N2O2. The highest BCUT2D eigenvalue weighted by molar-refractivity contribution is 5.73. The molecule has 2 aromatic carbocycles. The van der Waals surface area contributed by atoms with Crippen molar-refractivity contribution in [1.29, 1.82) is 0 Å². The number of benzene rings is 2. The third-order valence-corrected chi connectivity index (χ3v) is 3.39. The number of aryl methyl sites for hydroxylation is 1. The molecule has 0 fully saturated rings. The van der Waals surface area contributed by atoms with E-state index in [1.807, 2.05) is 48.5 Å². The van der Waals surface area contributed by atoms with Crippen molar-refractivity contribution in [3.63, 3.8) is 0 Å². The molecule has 0 saturated heterocycles. The Hall–Kier alpha value is -2.49. The highest BCUT2D eigenvalue weighted by Crippen LogP contribution is 2.08. The number of rotatable bonds is 9. The van der Waals surface area contributed by atoms with E-state index in [4.69, 9.17) is 4.74 Å². The number of urea groups is 1. The van der Waals surface area contributed by atoms with Gasteiger partial charge in [0.1, 0.15) is 5.75 Å². The maximum atomic E-state index is 11.6. The predicted molar refractivity (Wildman–Crippen MR) is 92.7 cm³/mol. The molecule has 0 aliphatic carbocycles. The summed E-state index contributed by atoms with van der Waals surface area (Å²) in [4.78, 5) is 11.6. The molecule has 2 rings (SSSR count). The Kier molecular flexibility index (Phi) is 7.54. The van der Waals surface area contributed by atoms with Crippen LogP contribution in [0.5, 0.6) is 5.75 Å². The minimum atomic E-state index is -0.113. The maximum Gasteiger partial charge on any atom is 0.314 e. The molecule has 0 radical (unpaired) electrons. The van der Waals surface area contributed by atoms with Gasteiger partial charge in [-0.1, -0.05) is 48.5 Å². The van der Waals surface area contributed by atoms with E-state index in [-0.39, 0.29) is 6.03 Å². The van der Waals surface area contributed by atoms with E-state index in [0.717, 1.165) is 25.0 Å². The van der Waals surface area contributed by atoms with Crippen LogP contribution in [0.4, 0.5) is 4.79 Å². The monoisotopic (exact) mass is 312 g/mol. The van der Waals surface area contributed by atoms with Crippen LogP contribution in [0.1, 0.15) is 18.4 Å². The fourth-order valence-electron chi connectivity index (χ4n) is 2.18. The third-order valence-electron chi connectivity index (χ3n) is 3.39. The van der Waals surface area contributed by atoms with Crippen molar-refractivity contribution in [3.05, 3.63) is 66.2 Å². The van der Waals surface area contributed by atoms with Gasteiger partial charge in [0.05, 0.1) is 6.61 Å². The Morgan fingerprint density at radius 1 is 0.826 bits per heavy atom. The Labute approximate surface area is 137 Å². The first-order chi connectivity index (χ1) is 11.3. The molecule has 0 aromatic heterocycles. The average Bonchev–Trinajstić information content (AvgIpc) is 2.60. The van der Waals surface area contributed by atoms with E-state index in [2.05, 4.69) is 22.8 Å². The van der Waals surface area contributed by atoms with Gasteiger partial charge in [0, 0.05) is 13.1 Å². The van der Waals surface area contributed by atoms with Gasteiger partial charge < -0.3 is 15.4 Å². The first-order valence-corrected chi connectivity index (χ1v) is 8.08. The highest BCUT2D eigenvalue weighted by atomic mass is 16.5. The minimum Gasteiger partial charge on any atom is -0.494 e. The molecule has 0 bridgehead atoms. The van der Waals surface area contributed by atoms with Crippen LogP contribution in [0.3, 0.4) is 0 Å². The molecule has 0 spiro atoms. The van der Waals surface area contributed by atoms with Gasteiger partial charge in [0.25, 0.3) is 0 Å². The lowest BCUT2D eigenvalue weighted by Gasteiger charge is -2.08. The second-order valence-electron chi connectivity index (χ2n) is 5.29. The van der Waals surface area contributed by atoms with Gasteiger partial charge >= 0.3 is 6.03 Å². The summed E-state index contributed by atoms with van der Waals surface area (Å²) >= 11 is 0. The summed E-state index contributed by atoms with van der Waals surface area (Å²) in [5.41, 5.74) is 1.30. The molecule has 23 heavy (non-hydrogen) atoms. The number of carbonyl (C=O) groups excluding carboxylic acids is 1. The van der Waals surface area contributed by atoms with Gasteiger partial charge in [0.2, 0.25) is 0 Å². The van der Waals surface area contributed by atoms with Crippen LogP contribution in [0, 0.1) is 0 Å². The first kappa shape index (κ1) is 16.9.